The number of fused-ring (bicyclic) bond motifs is 1. The highest BCUT2D eigenvalue weighted by Gasteiger charge is 2.30. The van der Waals surface area contributed by atoms with Crippen molar-refractivity contribution in [2.45, 2.75) is 17.9 Å². The Kier molecular flexibility index (Phi) is 3.99. The van der Waals surface area contributed by atoms with Gasteiger partial charge in [-0.3, -0.25) is 0 Å². The summed E-state index contributed by atoms with van der Waals surface area (Å²) >= 11 is 0. The minimum atomic E-state index is -3.64. The van der Waals surface area contributed by atoms with Gasteiger partial charge in [0.05, 0.1) is 7.11 Å². The summed E-state index contributed by atoms with van der Waals surface area (Å²) in [4.78, 5) is 11.8. The van der Waals surface area contributed by atoms with Gasteiger partial charge in [-0.25, -0.2) is 13.2 Å². The summed E-state index contributed by atoms with van der Waals surface area (Å²) in [5.41, 5.74) is 2.41. The molecule has 122 valence electrons. The molecule has 3 rings (SSSR count). The number of aryl methyl sites for hydroxylation is 1. The molecule has 0 aliphatic carbocycles. The van der Waals surface area contributed by atoms with E-state index in [1.165, 1.54) is 33.8 Å². The summed E-state index contributed by atoms with van der Waals surface area (Å²) in [6.07, 6.45) is 2.13. The van der Waals surface area contributed by atoms with Gasteiger partial charge in [0, 0.05) is 26.3 Å². The van der Waals surface area contributed by atoms with E-state index < -0.39 is 16.0 Å². The second-order valence-electron chi connectivity index (χ2n) is 5.52. The minimum Gasteiger partial charge on any atom is -0.464 e. The normalized spacial score (nSPS) is 15.2. The molecule has 0 bridgehead atoms. The van der Waals surface area contributed by atoms with Crippen molar-refractivity contribution in [3.63, 3.8) is 0 Å². The van der Waals surface area contributed by atoms with Crippen LogP contribution in [0.1, 0.15) is 21.6 Å². The van der Waals surface area contributed by atoms with Crippen molar-refractivity contribution in [3.05, 3.63) is 53.3 Å². The van der Waals surface area contributed by atoms with E-state index in [1.807, 2.05) is 24.3 Å². The van der Waals surface area contributed by atoms with Crippen LogP contribution in [0.2, 0.25) is 0 Å². The van der Waals surface area contributed by atoms with E-state index >= 15 is 0 Å². The molecule has 7 heteroatoms. The van der Waals surface area contributed by atoms with Gasteiger partial charge < -0.3 is 9.30 Å². The van der Waals surface area contributed by atoms with Gasteiger partial charge >= 0.3 is 5.97 Å². The predicted molar refractivity (Wildman–Crippen MR) is 84.5 cm³/mol. The van der Waals surface area contributed by atoms with Gasteiger partial charge in [-0.05, 0) is 23.6 Å². The lowest BCUT2D eigenvalue weighted by Gasteiger charge is -2.27. The van der Waals surface area contributed by atoms with Crippen LogP contribution in [-0.4, -0.2) is 36.9 Å². The molecule has 1 aliphatic heterocycles. The Morgan fingerprint density at radius 3 is 2.61 bits per heavy atom. The Balaban J connectivity index is 1.93. The standard InChI is InChI=1S/C16H18N2O4S/c1-17-11-14(9-15(17)16(19)22-2)23(20,21)18-8-7-12-5-3-4-6-13(12)10-18/h3-6,9,11H,7-8,10H2,1-2H3. The number of benzene rings is 1. The molecular formula is C16H18N2O4S. The fraction of sp³-hybridized carbons (Fsp3) is 0.312. The number of nitrogens with zero attached hydrogens (tertiary/aromatic N) is 2. The average Bonchev–Trinajstić information content (AvgIpc) is 2.96. The Labute approximate surface area is 135 Å². The number of esters is 1. The SMILES string of the molecule is COC(=O)c1cc(S(=O)(=O)N2CCc3ccccc3C2)cn1C. The van der Waals surface area contributed by atoms with Gasteiger partial charge in [0.1, 0.15) is 10.6 Å². The van der Waals surface area contributed by atoms with Crippen molar-refractivity contribution in [2.24, 2.45) is 7.05 Å². The van der Waals surface area contributed by atoms with Crippen molar-refractivity contribution in [3.8, 4) is 0 Å². The maximum Gasteiger partial charge on any atom is 0.354 e. The number of hydrogen-bond acceptors (Lipinski definition) is 4. The summed E-state index contributed by atoms with van der Waals surface area (Å²) in [5, 5.41) is 0. The van der Waals surface area contributed by atoms with Gasteiger partial charge in [0.2, 0.25) is 10.0 Å². The predicted octanol–water partition coefficient (Wildman–Crippen LogP) is 1.56. The highest BCUT2D eigenvalue weighted by atomic mass is 32.2. The van der Waals surface area contributed by atoms with Gasteiger partial charge in [0.25, 0.3) is 0 Å². The lowest BCUT2D eigenvalue weighted by atomic mass is 10.0. The minimum absolute atomic E-state index is 0.111. The topological polar surface area (TPSA) is 68.6 Å². The van der Waals surface area contributed by atoms with Crippen LogP contribution < -0.4 is 0 Å². The smallest absolute Gasteiger partial charge is 0.354 e. The number of carbonyl (C=O) groups excluding carboxylic acids is 1. The molecule has 1 aliphatic rings. The molecule has 0 fully saturated rings. The molecule has 0 saturated heterocycles. The van der Waals surface area contributed by atoms with Crippen LogP contribution in [0.15, 0.2) is 41.4 Å². The molecule has 0 spiro atoms. The van der Waals surface area contributed by atoms with E-state index in [0.717, 1.165) is 5.56 Å². The first-order valence-corrected chi connectivity index (χ1v) is 8.69. The zero-order valence-corrected chi connectivity index (χ0v) is 13.8. The van der Waals surface area contributed by atoms with E-state index in [4.69, 9.17) is 0 Å². The van der Waals surface area contributed by atoms with Crippen LogP contribution in [0, 0.1) is 0 Å². The molecule has 0 atom stereocenters. The Morgan fingerprint density at radius 1 is 1.22 bits per heavy atom. The molecule has 0 amide bonds. The third-order valence-corrected chi connectivity index (χ3v) is 5.92. The Hall–Kier alpha value is -2.12. The number of sulfonamides is 1. The molecule has 0 radical (unpaired) electrons. The van der Waals surface area contributed by atoms with E-state index in [-0.39, 0.29) is 10.6 Å². The second-order valence-corrected chi connectivity index (χ2v) is 7.46. The number of ether oxygens (including phenoxy) is 1. The molecule has 1 aromatic heterocycles. The van der Waals surface area contributed by atoms with Gasteiger partial charge in [0.15, 0.2) is 0 Å². The maximum atomic E-state index is 12.8. The third-order valence-electron chi connectivity index (χ3n) is 4.11. The molecule has 2 aromatic rings. The summed E-state index contributed by atoms with van der Waals surface area (Å²) in [5.74, 6) is -0.557. The zero-order valence-electron chi connectivity index (χ0n) is 13.0. The van der Waals surface area contributed by atoms with Crippen LogP contribution >= 0.6 is 0 Å². The van der Waals surface area contributed by atoms with E-state index in [1.54, 1.807) is 7.05 Å². The Bertz CT molecular complexity index is 855. The fourth-order valence-electron chi connectivity index (χ4n) is 2.81. The van der Waals surface area contributed by atoms with Gasteiger partial charge in [-0.15, -0.1) is 0 Å². The number of rotatable bonds is 3. The van der Waals surface area contributed by atoms with Crippen molar-refractivity contribution in [1.82, 2.24) is 8.87 Å². The number of carbonyl (C=O) groups is 1. The summed E-state index contributed by atoms with van der Waals surface area (Å²) in [6.45, 7) is 0.781. The largest absolute Gasteiger partial charge is 0.464 e. The molecule has 2 heterocycles. The average molecular weight is 334 g/mol. The molecule has 0 saturated carbocycles. The summed E-state index contributed by atoms with van der Waals surface area (Å²) in [7, 11) is -0.753. The number of hydrogen-bond donors (Lipinski definition) is 0. The van der Waals surface area contributed by atoms with Crippen LogP contribution in [0.25, 0.3) is 0 Å². The van der Waals surface area contributed by atoms with Gasteiger partial charge in [-0.1, -0.05) is 24.3 Å². The van der Waals surface area contributed by atoms with Crippen LogP contribution in [0.4, 0.5) is 0 Å². The molecule has 0 N–H and O–H groups in total. The van der Waals surface area contributed by atoms with Crippen molar-refractivity contribution >= 4 is 16.0 Å². The summed E-state index contributed by atoms with van der Waals surface area (Å²) in [6, 6.07) is 9.20. The lowest BCUT2D eigenvalue weighted by molar-refractivity contribution is 0.0590. The monoisotopic (exact) mass is 334 g/mol. The van der Waals surface area contributed by atoms with Crippen LogP contribution in [-0.2, 0) is 34.8 Å². The second kappa shape index (κ2) is 5.82. The van der Waals surface area contributed by atoms with Crippen molar-refractivity contribution < 1.29 is 17.9 Å². The molecule has 23 heavy (non-hydrogen) atoms. The number of aromatic nitrogens is 1. The van der Waals surface area contributed by atoms with Crippen LogP contribution in [0.5, 0.6) is 0 Å². The molecule has 0 unspecified atom stereocenters. The Morgan fingerprint density at radius 2 is 1.91 bits per heavy atom. The zero-order chi connectivity index (χ0) is 16.6. The molecular weight excluding hydrogens is 316 g/mol. The first-order valence-electron chi connectivity index (χ1n) is 7.25. The highest BCUT2D eigenvalue weighted by Crippen LogP contribution is 2.25. The van der Waals surface area contributed by atoms with E-state index in [0.29, 0.717) is 19.5 Å². The fourth-order valence-corrected chi connectivity index (χ4v) is 4.30. The third kappa shape index (κ3) is 2.77. The van der Waals surface area contributed by atoms with E-state index in [9.17, 15) is 13.2 Å². The maximum absolute atomic E-state index is 12.8. The van der Waals surface area contributed by atoms with Gasteiger partial charge in [-0.2, -0.15) is 4.31 Å². The first kappa shape index (κ1) is 15.8. The quantitative estimate of drug-likeness (QED) is 0.799. The molecule has 1 aromatic carbocycles. The summed E-state index contributed by atoms with van der Waals surface area (Å²) < 4.78 is 33.3. The molecule has 6 nitrogen and oxygen atoms in total. The van der Waals surface area contributed by atoms with E-state index in [2.05, 4.69) is 4.74 Å². The lowest BCUT2D eigenvalue weighted by Crippen LogP contribution is -2.35. The highest BCUT2D eigenvalue weighted by molar-refractivity contribution is 7.89. The van der Waals surface area contributed by atoms with Crippen LogP contribution in [0.3, 0.4) is 0 Å². The van der Waals surface area contributed by atoms with Crippen molar-refractivity contribution in [2.75, 3.05) is 13.7 Å². The first-order chi connectivity index (χ1) is 10.9. The van der Waals surface area contributed by atoms with Crippen molar-refractivity contribution in [1.29, 1.82) is 0 Å². The number of methoxy groups -OCH3 is 1.